The number of rotatable bonds is 0. The maximum atomic E-state index is 12.1. The van der Waals surface area contributed by atoms with Crippen LogP contribution in [0.1, 0.15) is 0 Å². The number of phenolic OH excluding ortho intramolecular Hbond substituents is 1. The smallest absolute Gasteiger partial charge is 0.332 e. The van der Waals surface area contributed by atoms with E-state index in [0.29, 0.717) is 21.9 Å². The quantitative estimate of drug-likeness (QED) is 0.602. The van der Waals surface area contributed by atoms with Crippen molar-refractivity contribution in [3.8, 4) is 5.75 Å². The van der Waals surface area contributed by atoms with E-state index in [1.54, 1.807) is 13.1 Å². The second-order valence-corrected chi connectivity index (χ2v) is 4.28. The Morgan fingerprint density at radius 1 is 1.17 bits per heavy atom. The maximum absolute atomic E-state index is 12.1. The molecule has 0 spiro atoms. The molecule has 3 aromatic rings. The molecule has 92 valence electrons. The summed E-state index contributed by atoms with van der Waals surface area (Å²) >= 11 is 0. The van der Waals surface area contributed by atoms with Crippen LogP contribution in [0.5, 0.6) is 5.75 Å². The van der Waals surface area contributed by atoms with E-state index in [0.717, 1.165) is 4.57 Å². The highest BCUT2D eigenvalue weighted by Crippen LogP contribution is 2.24. The van der Waals surface area contributed by atoms with Gasteiger partial charge in [0.2, 0.25) is 0 Å². The van der Waals surface area contributed by atoms with Crippen LogP contribution >= 0.6 is 0 Å². The Kier molecular flexibility index (Phi) is 1.92. The Hall–Kier alpha value is -2.50. The Balaban J connectivity index is 2.74. The summed E-state index contributed by atoms with van der Waals surface area (Å²) < 4.78 is 2.44. The molecule has 0 aliphatic rings. The fourth-order valence-electron chi connectivity index (χ4n) is 2.21. The van der Waals surface area contributed by atoms with Crippen molar-refractivity contribution in [3.63, 3.8) is 0 Å². The van der Waals surface area contributed by atoms with Gasteiger partial charge >= 0.3 is 5.69 Å². The molecule has 0 radical (unpaired) electrons. The van der Waals surface area contributed by atoms with Gasteiger partial charge in [0, 0.05) is 25.0 Å². The van der Waals surface area contributed by atoms with Crippen molar-refractivity contribution in [3.05, 3.63) is 39.0 Å². The normalized spacial score (nSPS) is 11.4. The molecule has 0 fully saturated rings. The summed E-state index contributed by atoms with van der Waals surface area (Å²) in [5.74, 6) is 0.0827. The summed E-state index contributed by atoms with van der Waals surface area (Å²) in [5.41, 5.74) is 0.415. The monoisotopic (exact) mass is 245 g/mol. The van der Waals surface area contributed by atoms with Crippen LogP contribution in [-0.2, 0) is 14.1 Å². The molecule has 0 saturated heterocycles. The van der Waals surface area contributed by atoms with Gasteiger partial charge in [-0.15, -0.1) is 0 Å². The largest absolute Gasteiger partial charge is 0.508 e. The summed E-state index contributed by atoms with van der Waals surface area (Å²) in [4.78, 5) is 27.0. The molecule has 18 heavy (non-hydrogen) atoms. The van der Waals surface area contributed by atoms with Crippen LogP contribution in [0.15, 0.2) is 27.8 Å². The molecule has 2 heterocycles. The molecule has 3 rings (SSSR count). The zero-order valence-electron chi connectivity index (χ0n) is 9.89. The van der Waals surface area contributed by atoms with E-state index < -0.39 is 0 Å². The first-order chi connectivity index (χ1) is 8.50. The second-order valence-electron chi connectivity index (χ2n) is 4.28. The van der Waals surface area contributed by atoms with Gasteiger partial charge in [-0.2, -0.15) is 0 Å². The number of aryl methyl sites for hydroxylation is 1. The van der Waals surface area contributed by atoms with E-state index >= 15 is 0 Å². The molecular formula is C12H11N3O3. The van der Waals surface area contributed by atoms with Crippen molar-refractivity contribution in [2.24, 2.45) is 14.1 Å². The lowest BCUT2D eigenvalue weighted by Crippen LogP contribution is -2.36. The molecule has 0 aliphatic carbocycles. The van der Waals surface area contributed by atoms with Gasteiger partial charge < -0.3 is 10.1 Å². The number of nitrogens with one attached hydrogen (secondary N) is 1. The van der Waals surface area contributed by atoms with Crippen molar-refractivity contribution < 1.29 is 5.11 Å². The number of phenols is 1. The summed E-state index contributed by atoms with van der Waals surface area (Å²) in [5, 5.41) is 10.5. The minimum Gasteiger partial charge on any atom is -0.508 e. The number of hydrogen-bond acceptors (Lipinski definition) is 3. The third-order valence-corrected chi connectivity index (χ3v) is 3.19. The van der Waals surface area contributed by atoms with Crippen LogP contribution in [0, 0.1) is 0 Å². The first-order valence-electron chi connectivity index (χ1n) is 5.41. The molecule has 0 saturated carbocycles. The van der Waals surface area contributed by atoms with Crippen molar-refractivity contribution in [2.45, 2.75) is 0 Å². The van der Waals surface area contributed by atoms with Crippen molar-refractivity contribution in [1.82, 2.24) is 14.1 Å². The van der Waals surface area contributed by atoms with Crippen LogP contribution < -0.4 is 11.2 Å². The number of aromatic amines is 1. The molecule has 0 aliphatic heterocycles. The first-order valence-corrected chi connectivity index (χ1v) is 5.41. The highest BCUT2D eigenvalue weighted by Gasteiger charge is 2.14. The first kappa shape index (κ1) is 10.6. The number of H-pyrrole nitrogens is 1. The predicted molar refractivity (Wildman–Crippen MR) is 68.0 cm³/mol. The van der Waals surface area contributed by atoms with Gasteiger partial charge in [-0.25, -0.2) is 4.79 Å². The molecule has 2 N–H and O–H groups in total. The van der Waals surface area contributed by atoms with E-state index in [-0.39, 0.29) is 17.0 Å². The lowest BCUT2D eigenvalue weighted by atomic mass is 10.2. The van der Waals surface area contributed by atoms with E-state index in [4.69, 9.17) is 0 Å². The Labute approximate surface area is 101 Å². The Morgan fingerprint density at radius 2 is 1.89 bits per heavy atom. The van der Waals surface area contributed by atoms with Crippen LogP contribution in [0.25, 0.3) is 21.9 Å². The highest BCUT2D eigenvalue weighted by atomic mass is 16.3. The fourth-order valence-corrected chi connectivity index (χ4v) is 2.21. The van der Waals surface area contributed by atoms with E-state index in [1.165, 1.54) is 23.7 Å². The third kappa shape index (κ3) is 1.17. The van der Waals surface area contributed by atoms with Gasteiger partial charge in [-0.05, 0) is 18.2 Å². The zero-order valence-corrected chi connectivity index (χ0v) is 9.89. The van der Waals surface area contributed by atoms with Gasteiger partial charge in [0.05, 0.1) is 5.39 Å². The predicted octanol–water partition coefficient (Wildman–Crippen LogP) is 0.424. The SMILES string of the molecule is Cn1c(=O)c2c3cc(O)ccc3[nH]c2n(C)c1=O. The van der Waals surface area contributed by atoms with Crippen LogP contribution in [0.3, 0.4) is 0 Å². The van der Waals surface area contributed by atoms with E-state index in [1.807, 2.05) is 0 Å². The summed E-state index contributed by atoms with van der Waals surface area (Å²) in [6.45, 7) is 0. The number of nitrogens with zero attached hydrogens (tertiary/aromatic N) is 2. The van der Waals surface area contributed by atoms with Crippen molar-refractivity contribution >= 4 is 21.9 Å². The molecule has 0 unspecified atom stereocenters. The average molecular weight is 245 g/mol. The van der Waals surface area contributed by atoms with Crippen LogP contribution in [0.2, 0.25) is 0 Å². The van der Waals surface area contributed by atoms with Gasteiger partial charge in [0.15, 0.2) is 0 Å². The van der Waals surface area contributed by atoms with Gasteiger partial charge in [-0.3, -0.25) is 13.9 Å². The summed E-state index contributed by atoms with van der Waals surface area (Å²) in [7, 11) is 3.03. The molecular weight excluding hydrogens is 234 g/mol. The third-order valence-electron chi connectivity index (χ3n) is 3.19. The standard InChI is InChI=1S/C12H11N3O3/c1-14-10-9(11(17)15(2)12(14)18)7-5-6(16)3-4-8(7)13-10/h3-5,13,16H,1-2H3. The number of aromatic hydroxyl groups is 1. The van der Waals surface area contributed by atoms with Crippen molar-refractivity contribution in [2.75, 3.05) is 0 Å². The minimum absolute atomic E-state index is 0.0827. The molecule has 0 atom stereocenters. The zero-order chi connectivity index (χ0) is 13.0. The minimum atomic E-state index is -0.386. The number of hydrogen-bond donors (Lipinski definition) is 2. The lowest BCUT2D eigenvalue weighted by molar-refractivity contribution is 0.476. The maximum Gasteiger partial charge on any atom is 0.332 e. The molecule has 2 aromatic heterocycles. The molecule has 1 aromatic carbocycles. The van der Waals surface area contributed by atoms with Gasteiger partial charge in [0.25, 0.3) is 5.56 Å². The number of fused-ring (bicyclic) bond motifs is 3. The Bertz CT molecular complexity index is 899. The number of aromatic nitrogens is 3. The van der Waals surface area contributed by atoms with E-state index in [9.17, 15) is 14.7 Å². The lowest BCUT2D eigenvalue weighted by Gasteiger charge is -2.02. The average Bonchev–Trinajstić information content (AvgIpc) is 2.72. The fraction of sp³-hybridized carbons (Fsp3) is 0.167. The van der Waals surface area contributed by atoms with Crippen molar-refractivity contribution in [1.29, 1.82) is 0 Å². The molecule has 6 nitrogen and oxygen atoms in total. The van der Waals surface area contributed by atoms with Gasteiger partial charge in [0.1, 0.15) is 11.4 Å². The van der Waals surface area contributed by atoms with Crippen LogP contribution in [-0.4, -0.2) is 19.2 Å². The van der Waals surface area contributed by atoms with Crippen LogP contribution in [0.4, 0.5) is 0 Å². The molecule has 0 bridgehead atoms. The second kappa shape index (κ2) is 3.25. The highest BCUT2D eigenvalue weighted by molar-refractivity contribution is 6.05. The molecule has 0 amide bonds. The van der Waals surface area contributed by atoms with Gasteiger partial charge in [-0.1, -0.05) is 0 Å². The number of benzene rings is 1. The van der Waals surface area contributed by atoms with E-state index in [2.05, 4.69) is 4.98 Å². The topological polar surface area (TPSA) is 80.0 Å². The molecule has 6 heteroatoms. The summed E-state index contributed by atoms with van der Waals surface area (Å²) in [6.07, 6.45) is 0. The Morgan fingerprint density at radius 3 is 2.61 bits per heavy atom. The summed E-state index contributed by atoms with van der Waals surface area (Å²) in [6, 6.07) is 4.72.